The van der Waals surface area contributed by atoms with Crippen molar-refractivity contribution >= 4 is 23.1 Å². The minimum Gasteiger partial charge on any atom is -0.497 e. The lowest BCUT2D eigenvalue weighted by molar-refractivity contribution is 0.414. The molecule has 0 bridgehead atoms. The van der Waals surface area contributed by atoms with Crippen LogP contribution in [-0.2, 0) is 6.42 Å². The first kappa shape index (κ1) is 24.6. The van der Waals surface area contributed by atoms with Gasteiger partial charge in [-0.1, -0.05) is 65.9 Å². The zero-order chi connectivity index (χ0) is 27.4. The molecule has 40 heavy (non-hydrogen) atoms. The summed E-state index contributed by atoms with van der Waals surface area (Å²) < 4.78 is 10.3. The number of methoxy groups -OCH3 is 1. The predicted molar refractivity (Wildman–Crippen MR) is 161 cm³/mol. The molecule has 7 rings (SSSR count). The summed E-state index contributed by atoms with van der Waals surface area (Å²) in [5, 5.41) is 0. The van der Waals surface area contributed by atoms with E-state index in [1.165, 1.54) is 28.0 Å². The first-order chi connectivity index (χ1) is 19.5. The summed E-state index contributed by atoms with van der Waals surface area (Å²) in [6.07, 6.45) is 3.84. The quantitative estimate of drug-likeness (QED) is 0.291. The van der Waals surface area contributed by atoms with Crippen LogP contribution in [0.4, 0.5) is 0 Å². The molecule has 3 heterocycles. The van der Waals surface area contributed by atoms with Crippen LogP contribution in [0.5, 0.6) is 5.75 Å². The molecule has 5 aromatic rings. The Bertz CT molecular complexity index is 1980. The summed E-state index contributed by atoms with van der Waals surface area (Å²) in [6.45, 7) is 4.22. The molecule has 3 aromatic carbocycles. The third kappa shape index (κ3) is 3.90. The van der Waals surface area contributed by atoms with E-state index < -0.39 is 0 Å². The second-order valence-electron chi connectivity index (χ2n) is 10.4. The number of ether oxygens (including phenoxy) is 1. The van der Waals surface area contributed by atoms with E-state index in [1.807, 2.05) is 41.0 Å². The lowest BCUT2D eigenvalue weighted by atomic mass is 9.83. The number of nitrogens with zero attached hydrogens (tertiary/aromatic N) is 3. The van der Waals surface area contributed by atoms with Crippen molar-refractivity contribution in [1.82, 2.24) is 9.13 Å². The molecule has 0 saturated heterocycles. The average molecular weight is 544 g/mol. The van der Waals surface area contributed by atoms with Gasteiger partial charge in [0.05, 0.1) is 23.4 Å². The first-order valence-corrected chi connectivity index (χ1v) is 14.4. The van der Waals surface area contributed by atoms with Crippen LogP contribution in [0.1, 0.15) is 46.1 Å². The Kier molecular flexibility index (Phi) is 5.93. The Morgan fingerprint density at radius 2 is 1.70 bits per heavy atom. The van der Waals surface area contributed by atoms with E-state index in [0.29, 0.717) is 4.53 Å². The van der Waals surface area contributed by atoms with Crippen LogP contribution in [0.3, 0.4) is 0 Å². The van der Waals surface area contributed by atoms with Crippen LogP contribution in [0.25, 0.3) is 17.5 Å². The monoisotopic (exact) mass is 543 g/mol. The molecule has 0 fully saturated rings. The second kappa shape index (κ2) is 9.65. The molecular formula is C34H29N3O2S. The van der Waals surface area contributed by atoms with Gasteiger partial charge >= 0.3 is 0 Å². The number of allylic oxidation sites excluding steroid dienone is 1. The van der Waals surface area contributed by atoms with Gasteiger partial charge in [-0.15, -0.1) is 0 Å². The standard InChI is InChI=1S/C34H29N3O2S/c1-21-19-25(22(2)36(21)26-10-5-4-6-11-26)20-30-33(38)37-32(24-13-16-27(39-3)17-14-24)29-18-15-23-9-7-8-12-28(23)31(29)35-34(37)40-30/h4-14,16-17,19-20,32H,15,18H2,1-3H3/b30-20+/t32-/m0/s1. The van der Waals surface area contributed by atoms with E-state index >= 15 is 0 Å². The van der Waals surface area contributed by atoms with Gasteiger partial charge in [-0.2, -0.15) is 0 Å². The molecule has 1 atom stereocenters. The highest BCUT2D eigenvalue weighted by atomic mass is 32.1. The summed E-state index contributed by atoms with van der Waals surface area (Å²) in [6, 6.07) is 28.9. The van der Waals surface area contributed by atoms with E-state index in [-0.39, 0.29) is 11.6 Å². The third-order valence-electron chi connectivity index (χ3n) is 8.08. The van der Waals surface area contributed by atoms with Gasteiger partial charge in [0.1, 0.15) is 5.75 Å². The zero-order valence-electron chi connectivity index (χ0n) is 22.7. The minimum absolute atomic E-state index is 0.000471. The zero-order valence-corrected chi connectivity index (χ0v) is 23.5. The second-order valence-corrected chi connectivity index (χ2v) is 11.4. The SMILES string of the molecule is COc1ccc([C@H]2C3=C(N=c4s/c(=C/c5cc(C)n(-c6ccccc6)c5C)c(=O)n42)c2ccccc2CC3)cc1. The fourth-order valence-electron chi connectivity index (χ4n) is 6.16. The number of rotatable bonds is 4. The van der Waals surface area contributed by atoms with E-state index in [2.05, 4.69) is 73.0 Å². The van der Waals surface area contributed by atoms with Crippen LogP contribution in [-0.4, -0.2) is 16.2 Å². The van der Waals surface area contributed by atoms with Crippen molar-refractivity contribution in [2.24, 2.45) is 4.99 Å². The fourth-order valence-corrected chi connectivity index (χ4v) is 7.15. The number of hydrogen-bond acceptors (Lipinski definition) is 4. The number of benzene rings is 3. The molecule has 6 heteroatoms. The van der Waals surface area contributed by atoms with Crippen LogP contribution >= 0.6 is 11.3 Å². The predicted octanol–water partition coefficient (Wildman–Crippen LogP) is 5.73. The van der Waals surface area contributed by atoms with Crippen molar-refractivity contribution in [1.29, 1.82) is 0 Å². The van der Waals surface area contributed by atoms with Crippen molar-refractivity contribution in [3.63, 3.8) is 0 Å². The Balaban J connectivity index is 1.44. The van der Waals surface area contributed by atoms with Crippen molar-refractivity contribution < 1.29 is 4.74 Å². The number of fused-ring (bicyclic) bond motifs is 3. The summed E-state index contributed by atoms with van der Waals surface area (Å²) >= 11 is 1.47. The van der Waals surface area contributed by atoms with Gasteiger partial charge in [0.25, 0.3) is 5.56 Å². The highest BCUT2D eigenvalue weighted by Crippen LogP contribution is 2.41. The molecule has 0 amide bonds. The lowest BCUT2D eigenvalue weighted by Crippen LogP contribution is -2.38. The van der Waals surface area contributed by atoms with E-state index in [4.69, 9.17) is 9.73 Å². The molecule has 0 spiro atoms. The fraction of sp³-hybridized carbons (Fsp3) is 0.176. The molecule has 0 radical (unpaired) electrons. The van der Waals surface area contributed by atoms with Gasteiger partial charge < -0.3 is 9.30 Å². The number of thiazole rings is 1. The smallest absolute Gasteiger partial charge is 0.271 e. The average Bonchev–Trinajstić information content (AvgIpc) is 3.45. The van der Waals surface area contributed by atoms with Crippen molar-refractivity contribution in [2.45, 2.75) is 32.7 Å². The summed E-state index contributed by atoms with van der Waals surface area (Å²) in [7, 11) is 1.67. The lowest BCUT2D eigenvalue weighted by Gasteiger charge is -2.30. The minimum atomic E-state index is -0.204. The van der Waals surface area contributed by atoms with Gasteiger partial charge in [0.15, 0.2) is 4.80 Å². The van der Waals surface area contributed by atoms with Crippen molar-refractivity contribution in [2.75, 3.05) is 7.11 Å². The Morgan fingerprint density at radius 1 is 0.950 bits per heavy atom. The maximum atomic E-state index is 14.1. The van der Waals surface area contributed by atoms with Gasteiger partial charge in [-0.05, 0) is 85.4 Å². The van der Waals surface area contributed by atoms with Gasteiger partial charge in [-0.3, -0.25) is 9.36 Å². The number of para-hydroxylation sites is 1. The Labute approximate surface area is 236 Å². The number of hydrogen-bond donors (Lipinski definition) is 0. The van der Waals surface area contributed by atoms with Gasteiger partial charge in [-0.25, -0.2) is 4.99 Å². The molecule has 2 aliphatic rings. The van der Waals surface area contributed by atoms with Crippen molar-refractivity contribution in [3.05, 3.63) is 144 Å². The van der Waals surface area contributed by atoms with Crippen LogP contribution in [0.15, 0.2) is 100 Å². The highest BCUT2D eigenvalue weighted by Gasteiger charge is 2.32. The third-order valence-corrected chi connectivity index (χ3v) is 9.06. The molecule has 198 valence electrons. The maximum Gasteiger partial charge on any atom is 0.271 e. The maximum absolute atomic E-state index is 14.1. The molecule has 0 unspecified atom stereocenters. The topological polar surface area (TPSA) is 48.5 Å². The van der Waals surface area contributed by atoms with E-state index in [1.54, 1.807) is 7.11 Å². The Hall–Kier alpha value is -4.42. The molecule has 1 aliphatic carbocycles. The van der Waals surface area contributed by atoms with Crippen molar-refractivity contribution in [3.8, 4) is 11.4 Å². The summed E-state index contributed by atoms with van der Waals surface area (Å²) in [5.74, 6) is 0.799. The number of aryl methyl sites for hydroxylation is 2. The molecular weight excluding hydrogens is 514 g/mol. The van der Waals surface area contributed by atoms with Crippen LogP contribution in [0.2, 0.25) is 0 Å². The normalized spacial score (nSPS) is 16.3. The molecule has 0 saturated carbocycles. The highest BCUT2D eigenvalue weighted by molar-refractivity contribution is 7.07. The van der Waals surface area contributed by atoms with Crippen LogP contribution < -0.4 is 19.6 Å². The van der Waals surface area contributed by atoms with Gasteiger partial charge in [0.2, 0.25) is 0 Å². The van der Waals surface area contributed by atoms with E-state index in [9.17, 15) is 4.79 Å². The molecule has 1 aliphatic heterocycles. The number of aromatic nitrogens is 2. The summed E-state index contributed by atoms with van der Waals surface area (Å²) in [4.78, 5) is 20.0. The van der Waals surface area contributed by atoms with Gasteiger partial charge in [0, 0.05) is 22.6 Å². The van der Waals surface area contributed by atoms with E-state index in [0.717, 1.165) is 57.3 Å². The first-order valence-electron chi connectivity index (χ1n) is 13.5. The largest absolute Gasteiger partial charge is 0.497 e. The molecule has 2 aromatic heterocycles. The summed E-state index contributed by atoms with van der Waals surface area (Å²) in [5.41, 5.74) is 10.2. The van der Waals surface area contributed by atoms with Crippen LogP contribution in [0, 0.1) is 13.8 Å². The molecule has 0 N–H and O–H groups in total. The Morgan fingerprint density at radius 3 is 2.48 bits per heavy atom. The molecule has 5 nitrogen and oxygen atoms in total.